The van der Waals surface area contributed by atoms with E-state index in [2.05, 4.69) is 0 Å². The summed E-state index contributed by atoms with van der Waals surface area (Å²) >= 11 is 1.18. The minimum absolute atomic E-state index is 0.0688. The lowest BCUT2D eigenvalue weighted by Gasteiger charge is -2.09. The number of carbonyl (C=O) groups is 1. The van der Waals surface area contributed by atoms with Gasteiger partial charge in [-0.3, -0.25) is 4.79 Å². The lowest BCUT2D eigenvalue weighted by atomic mass is 10.4. The zero-order valence-electron chi connectivity index (χ0n) is 5.66. The second-order valence-corrected chi connectivity index (χ2v) is 2.70. The van der Waals surface area contributed by atoms with Gasteiger partial charge in [-0.25, -0.2) is 0 Å². The van der Waals surface area contributed by atoms with Crippen LogP contribution in [0.5, 0.6) is 0 Å². The number of thioether (sulfide) groups is 1. The second-order valence-electron chi connectivity index (χ2n) is 1.77. The Hall–Kier alpha value is -0.700. The zero-order valence-corrected chi connectivity index (χ0v) is 6.48. The second kappa shape index (κ2) is 3.46. The van der Waals surface area contributed by atoms with Crippen molar-refractivity contribution < 1.29 is 9.53 Å². The molecule has 0 atom stereocenters. The molecule has 2 nitrogen and oxygen atoms in total. The van der Waals surface area contributed by atoms with Gasteiger partial charge >= 0.3 is 0 Å². The van der Waals surface area contributed by atoms with E-state index in [9.17, 15) is 4.79 Å². The van der Waals surface area contributed by atoms with E-state index in [0.717, 1.165) is 0 Å². The lowest BCUT2D eigenvalue weighted by molar-refractivity contribution is -0.107. The van der Waals surface area contributed by atoms with Crippen molar-refractivity contribution in [3.8, 4) is 0 Å². The first-order valence-corrected chi connectivity index (χ1v) is 3.95. The van der Waals surface area contributed by atoms with Crippen LogP contribution >= 0.6 is 11.8 Å². The molecule has 0 fully saturated rings. The van der Waals surface area contributed by atoms with Crippen molar-refractivity contribution in [3.63, 3.8) is 0 Å². The molecule has 0 unspecified atom stereocenters. The predicted molar refractivity (Wildman–Crippen MR) is 41.4 cm³/mol. The van der Waals surface area contributed by atoms with Gasteiger partial charge in [-0.15, -0.1) is 0 Å². The lowest BCUT2D eigenvalue weighted by Crippen LogP contribution is -2.01. The molecule has 0 saturated carbocycles. The van der Waals surface area contributed by atoms with Crippen LogP contribution in [0.2, 0.25) is 0 Å². The highest BCUT2D eigenvalue weighted by molar-refractivity contribution is 8.13. The Balaban J connectivity index is 2.66. The largest absolute Gasteiger partial charge is 0.482 e. The molecule has 0 aromatic carbocycles. The number of carbonyl (C=O) groups excluding carboxylic acids is 1. The highest BCUT2D eigenvalue weighted by Crippen LogP contribution is 2.15. The molecule has 0 radical (unpaired) electrons. The quantitative estimate of drug-likeness (QED) is 0.578. The molecule has 1 aliphatic heterocycles. The summed E-state index contributed by atoms with van der Waals surface area (Å²) in [6, 6.07) is 0. The normalized spacial score (nSPS) is 18.9. The van der Waals surface area contributed by atoms with Gasteiger partial charge in [-0.2, -0.15) is 0 Å². The molecule has 0 saturated heterocycles. The average Bonchev–Trinajstić information content (AvgIpc) is 1.88. The maximum absolute atomic E-state index is 10.7. The maximum atomic E-state index is 10.7. The van der Waals surface area contributed by atoms with Gasteiger partial charge in [0.2, 0.25) is 5.12 Å². The fourth-order valence-electron chi connectivity index (χ4n) is 0.616. The number of hydrogen-bond acceptors (Lipinski definition) is 3. The molecule has 10 heavy (non-hydrogen) atoms. The highest BCUT2D eigenvalue weighted by Gasteiger charge is 2.07. The van der Waals surface area contributed by atoms with Crippen molar-refractivity contribution in [1.82, 2.24) is 0 Å². The van der Waals surface area contributed by atoms with Crippen LogP contribution in [0, 0.1) is 0 Å². The van der Waals surface area contributed by atoms with Crippen LogP contribution in [0.3, 0.4) is 0 Å². The van der Waals surface area contributed by atoms with E-state index in [0.29, 0.717) is 11.7 Å². The van der Waals surface area contributed by atoms with Gasteiger partial charge in [0.15, 0.2) is 0 Å². The molecule has 0 bridgehead atoms. The first-order chi connectivity index (χ1) is 4.83. The number of ether oxygens (including phenoxy) is 1. The van der Waals surface area contributed by atoms with Crippen LogP contribution in [0.25, 0.3) is 0 Å². The van der Waals surface area contributed by atoms with E-state index >= 15 is 0 Å². The van der Waals surface area contributed by atoms with Crippen molar-refractivity contribution in [1.29, 1.82) is 0 Å². The van der Waals surface area contributed by atoms with Crippen molar-refractivity contribution in [2.45, 2.75) is 6.92 Å². The van der Waals surface area contributed by atoms with Gasteiger partial charge in [0.05, 0.1) is 0 Å². The molecule has 0 aromatic heterocycles. The Labute approximate surface area is 63.9 Å². The molecule has 0 spiro atoms. The Bertz CT molecular complexity index is 194. The number of allylic oxidation sites excluding steroid dienone is 2. The smallest absolute Gasteiger partial charge is 0.219 e. The summed E-state index contributed by atoms with van der Waals surface area (Å²) in [5.74, 6) is 1.10. The average molecular weight is 156 g/mol. The standard InChI is InChI=1S/C7H8O2S/c1-2-3-6-4-7(8)10-5-9-6/h2-4H,5H2,1H3. The number of hydrogen-bond donors (Lipinski definition) is 0. The molecule has 1 heterocycles. The van der Waals surface area contributed by atoms with Crippen LogP contribution in [-0.2, 0) is 9.53 Å². The van der Waals surface area contributed by atoms with E-state index in [1.54, 1.807) is 6.08 Å². The van der Waals surface area contributed by atoms with Gasteiger partial charge in [-0.05, 0) is 24.8 Å². The first kappa shape index (κ1) is 7.41. The van der Waals surface area contributed by atoms with Gasteiger partial charge in [0.1, 0.15) is 11.7 Å². The fourth-order valence-corrected chi connectivity index (χ4v) is 1.13. The predicted octanol–water partition coefficient (Wildman–Crippen LogP) is 1.69. The summed E-state index contributed by atoms with van der Waals surface area (Å²) in [5, 5.41) is 0.0688. The van der Waals surface area contributed by atoms with Crippen LogP contribution in [0.1, 0.15) is 6.92 Å². The summed E-state index contributed by atoms with van der Waals surface area (Å²) < 4.78 is 5.11. The molecule has 54 valence electrons. The fraction of sp³-hybridized carbons (Fsp3) is 0.286. The van der Waals surface area contributed by atoms with Gasteiger partial charge < -0.3 is 4.74 Å². The Morgan fingerprint density at radius 2 is 2.60 bits per heavy atom. The monoisotopic (exact) mass is 156 g/mol. The van der Waals surface area contributed by atoms with E-state index in [1.165, 1.54) is 17.8 Å². The topological polar surface area (TPSA) is 26.3 Å². The zero-order chi connectivity index (χ0) is 7.40. The minimum Gasteiger partial charge on any atom is -0.482 e. The van der Waals surface area contributed by atoms with Crippen LogP contribution in [0.4, 0.5) is 0 Å². The van der Waals surface area contributed by atoms with Gasteiger partial charge in [0, 0.05) is 6.08 Å². The number of rotatable bonds is 1. The van der Waals surface area contributed by atoms with Crippen LogP contribution in [-0.4, -0.2) is 11.1 Å². The van der Waals surface area contributed by atoms with E-state index in [1.807, 2.05) is 13.0 Å². The molecular formula is C7H8O2S. The molecule has 0 aromatic rings. The summed E-state index contributed by atoms with van der Waals surface area (Å²) in [7, 11) is 0. The van der Waals surface area contributed by atoms with E-state index in [4.69, 9.17) is 4.74 Å². The van der Waals surface area contributed by atoms with Gasteiger partial charge in [0.25, 0.3) is 0 Å². The summed E-state index contributed by atoms with van der Waals surface area (Å²) in [4.78, 5) is 10.7. The molecule has 0 N–H and O–H groups in total. The Morgan fingerprint density at radius 1 is 1.80 bits per heavy atom. The van der Waals surface area contributed by atoms with Gasteiger partial charge in [-0.1, -0.05) is 6.08 Å². The maximum Gasteiger partial charge on any atom is 0.219 e. The summed E-state index contributed by atoms with van der Waals surface area (Å²) in [6.07, 6.45) is 5.11. The first-order valence-electron chi connectivity index (χ1n) is 2.97. The van der Waals surface area contributed by atoms with Crippen molar-refractivity contribution >= 4 is 16.9 Å². The third kappa shape index (κ3) is 1.92. The molecule has 0 aliphatic carbocycles. The summed E-state index contributed by atoms with van der Waals surface area (Å²) in [5.41, 5.74) is 0. The van der Waals surface area contributed by atoms with Crippen LogP contribution in [0.15, 0.2) is 24.0 Å². The molecule has 0 amide bonds. The van der Waals surface area contributed by atoms with Crippen molar-refractivity contribution in [3.05, 3.63) is 24.0 Å². The minimum atomic E-state index is 0.0688. The summed E-state index contributed by atoms with van der Waals surface area (Å²) in [6.45, 7) is 1.89. The molecule has 1 rings (SSSR count). The molecule has 3 heteroatoms. The van der Waals surface area contributed by atoms with Crippen molar-refractivity contribution in [2.24, 2.45) is 0 Å². The molecule has 1 aliphatic rings. The highest BCUT2D eigenvalue weighted by atomic mass is 32.2. The van der Waals surface area contributed by atoms with Crippen molar-refractivity contribution in [2.75, 3.05) is 5.94 Å². The Kier molecular flexibility index (Phi) is 2.57. The third-order valence-corrected chi connectivity index (χ3v) is 1.66. The molecular weight excluding hydrogens is 148 g/mol. The Morgan fingerprint density at radius 3 is 3.20 bits per heavy atom. The third-order valence-electron chi connectivity index (χ3n) is 1.02. The SMILES string of the molecule is CC=CC1=CC(=O)SCO1. The van der Waals surface area contributed by atoms with E-state index in [-0.39, 0.29) is 5.12 Å². The van der Waals surface area contributed by atoms with E-state index < -0.39 is 0 Å². The van der Waals surface area contributed by atoms with Crippen LogP contribution < -0.4 is 0 Å².